The van der Waals surface area contributed by atoms with E-state index in [-0.39, 0.29) is 22.4 Å². The molecule has 0 aliphatic heterocycles. The number of sulfonamides is 1. The van der Waals surface area contributed by atoms with Crippen LogP contribution >= 0.6 is 22.9 Å². The summed E-state index contributed by atoms with van der Waals surface area (Å²) in [7, 11) is -3.71. The molecule has 138 valence electrons. The third-order valence-electron chi connectivity index (χ3n) is 4.49. The van der Waals surface area contributed by atoms with Crippen molar-refractivity contribution < 1.29 is 8.42 Å². The van der Waals surface area contributed by atoms with Crippen molar-refractivity contribution in [2.24, 2.45) is 0 Å². The predicted molar refractivity (Wildman–Crippen MR) is 111 cm³/mol. The lowest BCUT2D eigenvalue weighted by Crippen LogP contribution is -2.29. The molecule has 2 N–H and O–H groups in total. The Kier molecular flexibility index (Phi) is 5.06. The van der Waals surface area contributed by atoms with E-state index in [1.165, 1.54) is 6.07 Å². The molecule has 0 spiro atoms. The molecule has 4 rings (SSSR count). The van der Waals surface area contributed by atoms with Gasteiger partial charge >= 0.3 is 0 Å². The molecule has 2 aromatic heterocycles. The highest BCUT2D eigenvalue weighted by atomic mass is 35.5. The summed E-state index contributed by atoms with van der Waals surface area (Å²) >= 11 is 7.69. The molecule has 7 heteroatoms. The van der Waals surface area contributed by atoms with Crippen LogP contribution in [0.4, 0.5) is 0 Å². The molecular weight excluding hydrogens is 400 g/mol. The zero-order valence-corrected chi connectivity index (χ0v) is 16.6. The highest BCUT2D eigenvalue weighted by Gasteiger charge is 2.23. The number of hydrogen-bond acceptors (Lipinski definition) is 3. The number of fused-ring (bicyclic) bond motifs is 1. The Labute approximate surface area is 166 Å². The first-order valence-electron chi connectivity index (χ1n) is 8.40. The van der Waals surface area contributed by atoms with Gasteiger partial charge < -0.3 is 4.98 Å². The van der Waals surface area contributed by atoms with Crippen LogP contribution in [0, 0.1) is 0 Å². The molecule has 2 heterocycles. The molecule has 1 atom stereocenters. The van der Waals surface area contributed by atoms with Crippen molar-refractivity contribution in [3.63, 3.8) is 0 Å². The maximum absolute atomic E-state index is 12.8. The first-order chi connectivity index (χ1) is 13.1. The van der Waals surface area contributed by atoms with E-state index < -0.39 is 10.0 Å². The fraction of sp³-hybridized carbons (Fsp3) is 0.100. The van der Waals surface area contributed by atoms with Crippen LogP contribution < -0.4 is 4.72 Å². The second-order valence-electron chi connectivity index (χ2n) is 6.14. The maximum atomic E-state index is 12.8. The smallest absolute Gasteiger partial charge is 0.242 e. The Morgan fingerprint density at radius 1 is 1.04 bits per heavy atom. The summed E-state index contributed by atoms with van der Waals surface area (Å²) in [6.45, 7) is 0.246. The summed E-state index contributed by atoms with van der Waals surface area (Å²) in [5, 5.41) is 3.30. The average molecular weight is 417 g/mol. The van der Waals surface area contributed by atoms with E-state index >= 15 is 0 Å². The standard InChI is InChI=1S/C20H17ClN2O2S2/c21-17-7-2-4-10-20(17)27(24,25)23-13-16(19-9-5-11-26-19)15-12-22-18-8-3-1-6-14(15)18/h1-12,16,22-23H,13H2/t16-/m1/s1. The minimum Gasteiger partial charge on any atom is -0.361 e. The molecule has 0 unspecified atom stereocenters. The molecule has 0 fully saturated rings. The van der Waals surface area contributed by atoms with Gasteiger partial charge in [0.2, 0.25) is 10.0 Å². The Hall–Kier alpha value is -2.12. The minimum atomic E-state index is -3.71. The van der Waals surface area contributed by atoms with Gasteiger partial charge in [0.25, 0.3) is 0 Å². The van der Waals surface area contributed by atoms with Crippen molar-refractivity contribution in [1.82, 2.24) is 9.71 Å². The molecule has 0 aliphatic rings. The molecule has 0 saturated carbocycles. The normalized spacial score (nSPS) is 13.1. The van der Waals surface area contributed by atoms with Crippen LogP contribution in [0.15, 0.2) is 77.1 Å². The largest absolute Gasteiger partial charge is 0.361 e. The van der Waals surface area contributed by atoms with E-state index in [0.717, 1.165) is 21.3 Å². The molecule has 0 bridgehead atoms. The lowest BCUT2D eigenvalue weighted by Gasteiger charge is -2.17. The molecule has 4 aromatic rings. The monoisotopic (exact) mass is 416 g/mol. The highest BCUT2D eigenvalue weighted by molar-refractivity contribution is 7.89. The van der Waals surface area contributed by atoms with E-state index in [1.54, 1.807) is 29.5 Å². The van der Waals surface area contributed by atoms with Gasteiger partial charge in [0.15, 0.2) is 0 Å². The van der Waals surface area contributed by atoms with Gasteiger partial charge in [-0.25, -0.2) is 13.1 Å². The van der Waals surface area contributed by atoms with E-state index in [0.29, 0.717) is 0 Å². The van der Waals surface area contributed by atoms with Gasteiger partial charge in [-0.2, -0.15) is 0 Å². The summed E-state index contributed by atoms with van der Waals surface area (Å²) in [6.07, 6.45) is 1.96. The fourth-order valence-corrected chi connectivity index (χ4v) is 5.58. The Bertz CT molecular complexity index is 1170. The quantitative estimate of drug-likeness (QED) is 0.465. The number of para-hydroxylation sites is 1. The van der Waals surface area contributed by atoms with Crippen LogP contribution in [0.2, 0.25) is 5.02 Å². The number of aromatic amines is 1. The predicted octanol–water partition coefficient (Wildman–Crippen LogP) is 4.99. The topological polar surface area (TPSA) is 62.0 Å². The summed E-state index contributed by atoms with van der Waals surface area (Å²) in [4.78, 5) is 4.47. The van der Waals surface area contributed by atoms with E-state index in [4.69, 9.17) is 11.6 Å². The fourth-order valence-electron chi connectivity index (χ4n) is 3.17. The lowest BCUT2D eigenvalue weighted by molar-refractivity contribution is 0.578. The molecule has 0 saturated heterocycles. The van der Waals surface area contributed by atoms with E-state index in [1.807, 2.05) is 48.0 Å². The van der Waals surface area contributed by atoms with Gasteiger partial charge in [0.1, 0.15) is 4.90 Å². The van der Waals surface area contributed by atoms with E-state index in [9.17, 15) is 8.42 Å². The van der Waals surface area contributed by atoms with Crippen molar-refractivity contribution >= 4 is 43.9 Å². The van der Waals surface area contributed by atoms with Crippen molar-refractivity contribution in [2.45, 2.75) is 10.8 Å². The SMILES string of the molecule is O=S(=O)(NC[C@@H](c1cccs1)c1c[nH]c2ccccc12)c1ccccc1Cl. The number of benzene rings is 2. The summed E-state index contributed by atoms with van der Waals surface area (Å²) in [5.41, 5.74) is 2.10. The summed E-state index contributed by atoms with van der Waals surface area (Å²) < 4.78 is 28.3. The summed E-state index contributed by atoms with van der Waals surface area (Å²) in [5.74, 6) is -0.0987. The molecule has 0 aliphatic carbocycles. The third kappa shape index (κ3) is 3.66. The first kappa shape index (κ1) is 18.3. The number of rotatable bonds is 6. The molecule has 4 nitrogen and oxygen atoms in total. The van der Waals surface area contributed by atoms with E-state index in [2.05, 4.69) is 9.71 Å². The number of thiophene rings is 1. The van der Waals surface area contributed by atoms with Crippen LogP contribution in [0.3, 0.4) is 0 Å². The number of aromatic nitrogens is 1. The summed E-state index contributed by atoms with van der Waals surface area (Å²) in [6, 6.07) is 18.5. The second kappa shape index (κ2) is 7.48. The molecule has 2 aromatic carbocycles. The van der Waals surface area contributed by atoms with Gasteiger partial charge in [0, 0.05) is 34.4 Å². The van der Waals surface area contributed by atoms with Crippen LogP contribution in [0.25, 0.3) is 10.9 Å². The first-order valence-corrected chi connectivity index (χ1v) is 11.1. The van der Waals surface area contributed by atoms with Crippen molar-refractivity contribution in [3.8, 4) is 0 Å². The van der Waals surface area contributed by atoms with Crippen LogP contribution in [0.5, 0.6) is 0 Å². The Balaban J connectivity index is 1.68. The third-order valence-corrected chi connectivity index (χ3v) is 7.40. The van der Waals surface area contributed by atoms with Gasteiger partial charge in [0.05, 0.1) is 5.02 Å². The molecular formula is C20H17ClN2O2S2. The Morgan fingerprint density at radius 2 is 1.81 bits per heavy atom. The van der Waals surface area contributed by atoms with Gasteiger partial charge in [-0.3, -0.25) is 0 Å². The highest BCUT2D eigenvalue weighted by Crippen LogP contribution is 2.33. The van der Waals surface area contributed by atoms with Gasteiger partial charge in [-0.05, 0) is 35.2 Å². The molecule has 0 amide bonds. The van der Waals surface area contributed by atoms with Gasteiger partial charge in [-0.15, -0.1) is 11.3 Å². The number of nitrogens with one attached hydrogen (secondary N) is 2. The second-order valence-corrected chi connectivity index (χ2v) is 9.26. The number of H-pyrrole nitrogens is 1. The average Bonchev–Trinajstić information content (AvgIpc) is 3.33. The van der Waals surface area contributed by atoms with Crippen LogP contribution in [0.1, 0.15) is 16.4 Å². The lowest BCUT2D eigenvalue weighted by atomic mass is 9.97. The van der Waals surface area contributed by atoms with Gasteiger partial charge in [-0.1, -0.05) is 48.0 Å². The van der Waals surface area contributed by atoms with Crippen molar-refractivity contribution in [2.75, 3.05) is 6.54 Å². The van der Waals surface area contributed by atoms with Crippen LogP contribution in [-0.2, 0) is 10.0 Å². The van der Waals surface area contributed by atoms with Crippen molar-refractivity contribution in [1.29, 1.82) is 0 Å². The Morgan fingerprint density at radius 3 is 2.59 bits per heavy atom. The molecule has 0 radical (unpaired) electrons. The number of halogens is 1. The number of hydrogen-bond donors (Lipinski definition) is 2. The maximum Gasteiger partial charge on any atom is 0.242 e. The minimum absolute atomic E-state index is 0.0931. The van der Waals surface area contributed by atoms with Crippen LogP contribution in [-0.4, -0.2) is 19.9 Å². The van der Waals surface area contributed by atoms with Crippen molar-refractivity contribution in [3.05, 3.63) is 87.7 Å². The zero-order chi connectivity index (χ0) is 18.9. The molecule has 27 heavy (non-hydrogen) atoms. The zero-order valence-electron chi connectivity index (χ0n) is 14.2.